The number of imide groups is 1. The van der Waals surface area contributed by atoms with Gasteiger partial charge in [-0.05, 0) is 50.1 Å². The van der Waals surface area contributed by atoms with Gasteiger partial charge in [-0.25, -0.2) is 4.79 Å². The Morgan fingerprint density at radius 2 is 1.76 bits per heavy atom. The lowest BCUT2D eigenvalue weighted by Crippen LogP contribution is -2.37. The normalized spacial score (nSPS) is 13.8. The Bertz CT molecular complexity index is 998. The van der Waals surface area contributed by atoms with E-state index in [0.29, 0.717) is 12.1 Å². The number of hydrogen-bond donors (Lipinski definition) is 1. The van der Waals surface area contributed by atoms with Crippen molar-refractivity contribution in [1.29, 1.82) is 0 Å². The number of fused-ring (bicyclic) bond motifs is 1. The minimum absolute atomic E-state index is 0.111. The van der Waals surface area contributed by atoms with Crippen LogP contribution >= 0.6 is 0 Å². The van der Waals surface area contributed by atoms with Crippen LogP contribution in [0.5, 0.6) is 0 Å². The first-order valence-electron chi connectivity index (χ1n) is 9.38. The highest BCUT2D eigenvalue weighted by Crippen LogP contribution is 2.26. The van der Waals surface area contributed by atoms with Crippen LogP contribution in [-0.2, 0) is 9.53 Å². The molecule has 0 spiro atoms. The van der Waals surface area contributed by atoms with Gasteiger partial charge < -0.3 is 10.1 Å². The molecule has 7 nitrogen and oxygen atoms in total. The number of para-hydroxylation sites is 1. The number of nitrogens with zero attached hydrogens (tertiary/aromatic N) is 1. The minimum Gasteiger partial charge on any atom is -0.452 e. The van der Waals surface area contributed by atoms with Crippen molar-refractivity contribution in [3.05, 3.63) is 64.7 Å². The first-order valence-corrected chi connectivity index (χ1v) is 9.38. The van der Waals surface area contributed by atoms with Gasteiger partial charge in [0, 0.05) is 11.7 Å². The predicted octanol–water partition coefficient (Wildman–Crippen LogP) is 3.19. The van der Waals surface area contributed by atoms with Crippen LogP contribution in [0.4, 0.5) is 5.69 Å². The average molecular weight is 394 g/mol. The molecule has 29 heavy (non-hydrogen) atoms. The van der Waals surface area contributed by atoms with Crippen molar-refractivity contribution in [2.24, 2.45) is 0 Å². The number of carbonyl (C=O) groups is 4. The lowest BCUT2D eigenvalue weighted by Gasteiger charge is -2.20. The summed E-state index contributed by atoms with van der Waals surface area (Å²) in [5, 5.41) is 2.67. The fourth-order valence-corrected chi connectivity index (χ4v) is 3.08. The van der Waals surface area contributed by atoms with Gasteiger partial charge in [0.15, 0.2) is 6.61 Å². The van der Waals surface area contributed by atoms with Crippen LogP contribution in [0.3, 0.4) is 0 Å². The zero-order valence-corrected chi connectivity index (χ0v) is 16.5. The van der Waals surface area contributed by atoms with Crippen LogP contribution in [0.1, 0.15) is 56.9 Å². The Kier molecular flexibility index (Phi) is 5.77. The second kappa shape index (κ2) is 8.26. The summed E-state index contributed by atoms with van der Waals surface area (Å²) < 4.78 is 5.06. The van der Waals surface area contributed by atoms with E-state index in [2.05, 4.69) is 5.32 Å². The van der Waals surface area contributed by atoms with Crippen molar-refractivity contribution in [2.75, 3.05) is 11.9 Å². The number of esters is 1. The number of hydrogen-bond acceptors (Lipinski definition) is 5. The molecule has 0 aliphatic carbocycles. The summed E-state index contributed by atoms with van der Waals surface area (Å²) in [5.41, 5.74) is 2.08. The third kappa shape index (κ3) is 4.03. The standard InChI is InChI=1S/C22H22N2O5/c1-4-14(3)24-20(26)16-10-9-15(11-17(16)21(24)27)22(28)29-12-19(25)23-18-8-6-5-7-13(18)2/h5-11,14H,4,12H2,1-3H3,(H,23,25)/t14-/m0/s1. The monoisotopic (exact) mass is 394 g/mol. The number of benzene rings is 2. The average Bonchev–Trinajstić information content (AvgIpc) is 2.97. The summed E-state index contributed by atoms with van der Waals surface area (Å²) >= 11 is 0. The molecule has 0 fully saturated rings. The topological polar surface area (TPSA) is 92.8 Å². The molecule has 7 heteroatoms. The van der Waals surface area contributed by atoms with Gasteiger partial charge in [0.2, 0.25) is 0 Å². The van der Waals surface area contributed by atoms with Crippen molar-refractivity contribution in [2.45, 2.75) is 33.2 Å². The quantitative estimate of drug-likeness (QED) is 0.600. The molecule has 1 heterocycles. The van der Waals surface area contributed by atoms with E-state index in [1.54, 1.807) is 19.1 Å². The third-order valence-corrected chi connectivity index (χ3v) is 4.94. The fourth-order valence-electron chi connectivity index (χ4n) is 3.08. The summed E-state index contributed by atoms with van der Waals surface area (Å²) in [6.45, 7) is 5.08. The minimum atomic E-state index is -0.741. The molecule has 2 aromatic carbocycles. The van der Waals surface area contributed by atoms with Crippen LogP contribution in [0.2, 0.25) is 0 Å². The Morgan fingerprint density at radius 1 is 1.07 bits per heavy atom. The summed E-state index contributed by atoms with van der Waals surface area (Å²) in [7, 11) is 0. The molecular weight excluding hydrogens is 372 g/mol. The molecule has 150 valence electrons. The van der Waals surface area contributed by atoms with Gasteiger partial charge in [0.25, 0.3) is 17.7 Å². The van der Waals surface area contributed by atoms with Gasteiger partial charge in [-0.2, -0.15) is 0 Å². The van der Waals surface area contributed by atoms with E-state index in [9.17, 15) is 19.2 Å². The van der Waals surface area contributed by atoms with Crippen molar-refractivity contribution < 1.29 is 23.9 Å². The highest BCUT2D eigenvalue weighted by molar-refractivity contribution is 6.22. The van der Waals surface area contributed by atoms with E-state index in [1.165, 1.54) is 23.1 Å². The van der Waals surface area contributed by atoms with Crippen molar-refractivity contribution in [1.82, 2.24) is 4.90 Å². The van der Waals surface area contributed by atoms with Gasteiger partial charge in [-0.3, -0.25) is 19.3 Å². The SMILES string of the molecule is CC[C@H](C)N1C(=O)c2ccc(C(=O)OCC(=O)Nc3ccccc3C)cc2C1=O. The molecule has 1 aliphatic heterocycles. The van der Waals surface area contributed by atoms with Crippen molar-refractivity contribution >= 4 is 29.4 Å². The van der Waals surface area contributed by atoms with E-state index < -0.39 is 24.4 Å². The van der Waals surface area contributed by atoms with Crippen molar-refractivity contribution in [3.63, 3.8) is 0 Å². The molecular formula is C22H22N2O5. The molecule has 0 aromatic heterocycles. The zero-order valence-electron chi connectivity index (χ0n) is 16.5. The number of rotatable bonds is 6. The number of anilines is 1. The Hall–Kier alpha value is -3.48. The molecule has 0 saturated heterocycles. The van der Waals surface area contributed by atoms with Gasteiger partial charge in [-0.1, -0.05) is 25.1 Å². The molecule has 0 unspecified atom stereocenters. The first-order chi connectivity index (χ1) is 13.8. The molecule has 1 N–H and O–H groups in total. The van der Waals surface area contributed by atoms with E-state index >= 15 is 0 Å². The number of carbonyl (C=O) groups excluding carboxylic acids is 4. The number of aryl methyl sites for hydroxylation is 1. The lowest BCUT2D eigenvalue weighted by molar-refractivity contribution is -0.119. The smallest absolute Gasteiger partial charge is 0.338 e. The van der Waals surface area contributed by atoms with Crippen LogP contribution < -0.4 is 5.32 Å². The summed E-state index contributed by atoms with van der Waals surface area (Å²) in [6.07, 6.45) is 0.635. The van der Waals surface area contributed by atoms with Crippen molar-refractivity contribution in [3.8, 4) is 0 Å². The third-order valence-electron chi connectivity index (χ3n) is 4.94. The number of ether oxygens (including phenoxy) is 1. The van der Waals surface area contributed by atoms with Gasteiger partial charge in [0.1, 0.15) is 0 Å². The second-order valence-electron chi connectivity index (χ2n) is 6.94. The van der Waals surface area contributed by atoms with Gasteiger partial charge in [-0.15, -0.1) is 0 Å². The maximum atomic E-state index is 12.6. The Morgan fingerprint density at radius 3 is 2.45 bits per heavy atom. The molecule has 0 bridgehead atoms. The molecule has 1 aliphatic rings. The van der Waals surface area contributed by atoms with E-state index in [4.69, 9.17) is 4.74 Å². The largest absolute Gasteiger partial charge is 0.452 e. The van der Waals surface area contributed by atoms with Gasteiger partial charge >= 0.3 is 5.97 Å². The van der Waals surface area contributed by atoms with Gasteiger partial charge in [0.05, 0.1) is 16.7 Å². The first kappa shape index (κ1) is 20.3. The zero-order chi connectivity index (χ0) is 21.1. The molecule has 3 amide bonds. The lowest BCUT2D eigenvalue weighted by atomic mass is 10.1. The van der Waals surface area contributed by atoms with E-state index in [0.717, 1.165) is 5.56 Å². The molecule has 2 aromatic rings. The van der Waals surface area contributed by atoms with Crippen LogP contribution in [0.15, 0.2) is 42.5 Å². The van der Waals surface area contributed by atoms with E-state index in [1.807, 2.05) is 26.0 Å². The number of nitrogens with one attached hydrogen (secondary N) is 1. The number of amides is 3. The highest BCUT2D eigenvalue weighted by Gasteiger charge is 2.38. The summed E-state index contributed by atoms with van der Waals surface area (Å²) in [6, 6.07) is 11.2. The second-order valence-corrected chi connectivity index (χ2v) is 6.94. The van der Waals surface area contributed by atoms with Crippen LogP contribution in [-0.4, -0.2) is 41.2 Å². The molecule has 0 radical (unpaired) electrons. The predicted molar refractivity (Wildman–Crippen MR) is 107 cm³/mol. The van der Waals surface area contributed by atoms with Crippen LogP contribution in [0.25, 0.3) is 0 Å². The fraction of sp³-hybridized carbons (Fsp3) is 0.273. The maximum absolute atomic E-state index is 12.6. The maximum Gasteiger partial charge on any atom is 0.338 e. The Balaban J connectivity index is 1.67. The summed E-state index contributed by atoms with van der Waals surface area (Å²) in [4.78, 5) is 50.6. The van der Waals surface area contributed by atoms with Crippen LogP contribution in [0, 0.1) is 6.92 Å². The Labute approximate surface area is 168 Å². The molecule has 1 atom stereocenters. The molecule has 0 saturated carbocycles. The van der Waals surface area contributed by atoms with E-state index in [-0.39, 0.29) is 28.6 Å². The molecule has 3 rings (SSSR count). The highest BCUT2D eigenvalue weighted by atomic mass is 16.5. The summed E-state index contributed by atoms with van der Waals surface area (Å²) in [5.74, 6) is -2.00.